The topological polar surface area (TPSA) is 64.4 Å². The number of benzene rings is 1. The lowest BCUT2D eigenvalue weighted by Crippen LogP contribution is -2.27. The molecule has 0 spiro atoms. The number of aryl methyl sites for hydroxylation is 1. The van der Waals surface area contributed by atoms with Crippen molar-refractivity contribution in [3.05, 3.63) is 33.9 Å². The van der Waals surface area contributed by atoms with Crippen LogP contribution in [-0.2, 0) is 0 Å². The summed E-state index contributed by atoms with van der Waals surface area (Å²) in [6, 6.07) is 5.47. The van der Waals surface area contributed by atoms with Crippen LogP contribution in [0.15, 0.2) is 18.2 Å². The standard InChI is InChI=1S/C12H18N2O3/c1-9(2)13-7-8-17-11-6-4-5-10(3)12(11)14(15)16/h4-6,9,13H,7-8H2,1-3H3. The molecule has 1 aromatic rings. The van der Waals surface area contributed by atoms with Gasteiger partial charge in [-0.3, -0.25) is 10.1 Å². The quantitative estimate of drug-likeness (QED) is 0.469. The molecule has 1 aromatic carbocycles. The molecule has 1 N–H and O–H groups in total. The molecule has 0 unspecified atom stereocenters. The van der Waals surface area contributed by atoms with Gasteiger partial charge in [0.2, 0.25) is 0 Å². The van der Waals surface area contributed by atoms with Crippen molar-refractivity contribution in [3.8, 4) is 5.75 Å². The predicted molar refractivity (Wildman–Crippen MR) is 66.5 cm³/mol. The fourth-order valence-corrected chi connectivity index (χ4v) is 1.49. The van der Waals surface area contributed by atoms with Gasteiger partial charge >= 0.3 is 5.69 Å². The molecule has 1 rings (SSSR count). The Morgan fingerprint density at radius 2 is 2.18 bits per heavy atom. The van der Waals surface area contributed by atoms with Crippen molar-refractivity contribution in [2.75, 3.05) is 13.2 Å². The fourth-order valence-electron chi connectivity index (χ4n) is 1.49. The Bertz CT molecular complexity index is 391. The van der Waals surface area contributed by atoms with Crippen LogP contribution in [-0.4, -0.2) is 24.1 Å². The van der Waals surface area contributed by atoms with E-state index in [4.69, 9.17) is 4.74 Å². The normalized spacial score (nSPS) is 10.6. The third kappa shape index (κ3) is 4.03. The van der Waals surface area contributed by atoms with Crippen molar-refractivity contribution in [2.24, 2.45) is 0 Å². The summed E-state index contributed by atoms with van der Waals surface area (Å²) >= 11 is 0. The Morgan fingerprint density at radius 3 is 2.76 bits per heavy atom. The van der Waals surface area contributed by atoms with E-state index in [0.717, 1.165) is 0 Å². The van der Waals surface area contributed by atoms with Crippen LogP contribution in [0, 0.1) is 17.0 Å². The molecule has 0 saturated heterocycles. The van der Waals surface area contributed by atoms with E-state index in [1.165, 1.54) is 0 Å². The number of nitrogens with zero attached hydrogens (tertiary/aromatic N) is 1. The first kappa shape index (κ1) is 13.4. The van der Waals surface area contributed by atoms with Crippen LogP contribution in [0.3, 0.4) is 0 Å². The monoisotopic (exact) mass is 238 g/mol. The average Bonchev–Trinajstić information content (AvgIpc) is 2.23. The number of hydrogen-bond donors (Lipinski definition) is 1. The Labute approximate surface area is 101 Å². The number of nitro benzene ring substituents is 1. The highest BCUT2D eigenvalue weighted by molar-refractivity contribution is 5.51. The van der Waals surface area contributed by atoms with E-state index >= 15 is 0 Å². The van der Waals surface area contributed by atoms with E-state index in [1.807, 2.05) is 13.8 Å². The summed E-state index contributed by atoms with van der Waals surface area (Å²) in [5, 5.41) is 14.1. The summed E-state index contributed by atoms with van der Waals surface area (Å²) in [5.41, 5.74) is 0.668. The van der Waals surface area contributed by atoms with E-state index in [9.17, 15) is 10.1 Å². The Kier molecular flexibility index (Phi) is 4.90. The molecular formula is C12H18N2O3. The smallest absolute Gasteiger partial charge is 0.313 e. The van der Waals surface area contributed by atoms with E-state index in [2.05, 4.69) is 5.32 Å². The molecule has 0 fully saturated rings. The lowest BCUT2D eigenvalue weighted by atomic mass is 10.2. The van der Waals surface area contributed by atoms with Crippen molar-refractivity contribution < 1.29 is 9.66 Å². The third-order valence-electron chi connectivity index (χ3n) is 2.30. The van der Waals surface area contributed by atoms with Gasteiger partial charge in [0.1, 0.15) is 6.61 Å². The van der Waals surface area contributed by atoms with Crippen molar-refractivity contribution in [1.82, 2.24) is 5.32 Å². The highest BCUT2D eigenvalue weighted by Crippen LogP contribution is 2.29. The summed E-state index contributed by atoms with van der Waals surface area (Å²) in [5.74, 6) is 0.334. The number of para-hydroxylation sites is 1. The molecule has 5 nitrogen and oxygen atoms in total. The van der Waals surface area contributed by atoms with Crippen LogP contribution in [0.5, 0.6) is 5.75 Å². The number of nitrogens with one attached hydrogen (secondary N) is 1. The molecule has 94 valence electrons. The molecule has 0 atom stereocenters. The van der Waals surface area contributed by atoms with Gasteiger partial charge in [0.25, 0.3) is 0 Å². The molecule has 0 bridgehead atoms. The van der Waals surface area contributed by atoms with Gasteiger partial charge in [-0.15, -0.1) is 0 Å². The Balaban J connectivity index is 2.64. The van der Waals surface area contributed by atoms with Gasteiger partial charge in [-0.1, -0.05) is 26.0 Å². The molecule has 0 amide bonds. The molecule has 0 aliphatic carbocycles. The van der Waals surface area contributed by atoms with Crippen molar-refractivity contribution in [3.63, 3.8) is 0 Å². The van der Waals surface area contributed by atoms with Gasteiger partial charge in [-0.05, 0) is 13.0 Å². The maximum Gasteiger partial charge on any atom is 0.313 e. The van der Waals surface area contributed by atoms with Gasteiger partial charge in [0, 0.05) is 18.2 Å². The lowest BCUT2D eigenvalue weighted by molar-refractivity contribution is -0.386. The highest BCUT2D eigenvalue weighted by atomic mass is 16.6. The second-order valence-electron chi connectivity index (χ2n) is 4.14. The first-order valence-electron chi connectivity index (χ1n) is 5.62. The van der Waals surface area contributed by atoms with Crippen LogP contribution >= 0.6 is 0 Å². The van der Waals surface area contributed by atoms with Crippen molar-refractivity contribution >= 4 is 5.69 Å². The van der Waals surface area contributed by atoms with Crippen LogP contribution in [0.2, 0.25) is 0 Å². The summed E-state index contributed by atoms with van der Waals surface area (Å²) < 4.78 is 5.43. The highest BCUT2D eigenvalue weighted by Gasteiger charge is 2.17. The zero-order valence-electron chi connectivity index (χ0n) is 10.4. The van der Waals surface area contributed by atoms with Gasteiger partial charge in [0.15, 0.2) is 5.75 Å². The molecule has 0 aromatic heterocycles. The molecule has 17 heavy (non-hydrogen) atoms. The van der Waals surface area contributed by atoms with E-state index in [1.54, 1.807) is 25.1 Å². The molecule has 0 aliphatic rings. The predicted octanol–water partition coefficient (Wildman–Crippen LogP) is 2.28. The number of hydrogen-bond acceptors (Lipinski definition) is 4. The van der Waals surface area contributed by atoms with Gasteiger partial charge in [-0.2, -0.15) is 0 Å². The molecule has 5 heteroatoms. The van der Waals surface area contributed by atoms with Crippen LogP contribution in [0.4, 0.5) is 5.69 Å². The minimum absolute atomic E-state index is 0.0528. The SMILES string of the molecule is Cc1cccc(OCCNC(C)C)c1[N+](=O)[O-]. The maximum atomic E-state index is 10.9. The minimum Gasteiger partial charge on any atom is -0.485 e. The fraction of sp³-hybridized carbons (Fsp3) is 0.500. The number of nitro groups is 1. The molecule has 0 saturated carbocycles. The zero-order chi connectivity index (χ0) is 12.8. The number of rotatable bonds is 6. The van der Waals surface area contributed by atoms with E-state index < -0.39 is 4.92 Å². The minimum atomic E-state index is -0.402. The van der Waals surface area contributed by atoms with Crippen molar-refractivity contribution in [1.29, 1.82) is 0 Å². The van der Waals surface area contributed by atoms with E-state index in [0.29, 0.717) is 30.5 Å². The third-order valence-corrected chi connectivity index (χ3v) is 2.30. The van der Waals surface area contributed by atoms with Crippen LogP contribution in [0.25, 0.3) is 0 Å². The maximum absolute atomic E-state index is 10.9. The summed E-state index contributed by atoms with van der Waals surface area (Å²) in [4.78, 5) is 10.5. The lowest BCUT2D eigenvalue weighted by Gasteiger charge is -2.10. The average molecular weight is 238 g/mol. The van der Waals surface area contributed by atoms with E-state index in [-0.39, 0.29) is 5.69 Å². The first-order chi connectivity index (χ1) is 8.02. The molecule has 0 aliphatic heterocycles. The van der Waals surface area contributed by atoms with Gasteiger partial charge < -0.3 is 10.1 Å². The second-order valence-corrected chi connectivity index (χ2v) is 4.14. The molecular weight excluding hydrogens is 220 g/mol. The zero-order valence-corrected chi connectivity index (χ0v) is 10.4. The largest absolute Gasteiger partial charge is 0.485 e. The summed E-state index contributed by atoms with van der Waals surface area (Å²) in [7, 11) is 0. The van der Waals surface area contributed by atoms with Crippen LogP contribution in [0.1, 0.15) is 19.4 Å². The van der Waals surface area contributed by atoms with Crippen molar-refractivity contribution in [2.45, 2.75) is 26.8 Å². The summed E-state index contributed by atoms with van der Waals surface area (Å²) in [6.07, 6.45) is 0. The first-order valence-corrected chi connectivity index (χ1v) is 5.62. The van der Waals surface area contributed by atoms with Crippen LogP contribution < -0.4 is 10.1 Å². The Hall–Kier alpha value is -1.62. The molecule has 0 radical (unpaired) electrons. The van der Waals surface area contributed by atoms with Gasteiger partial charge in [0.05, 0.1) is 4.92 Å². The number of ether oxygens (including phenoxy) is 1. The van der Waals surface area contributed by atoms with Gasteiger partial charge in [-0.25, -0.2) is 0 Å². The second kappa shape index (κ2) is 6.20. The molecule has 0 heterocycles. The Morgan fingerprint density at radius 1 is 1.47 bits per heavy atom. The summed E-state index contributed by atoms with van der Waals surface area (Å²) in [6.45, 7) is 6.87.